The Morgan fingerprint density at radius 1 is 1.03 bits per heavy atom. The average molecular weight is 456 g/mol. The number of nitrogens with zero attached hydrogens (tertiary/aromatic N) is 1. The van der Waals surface area contributed by atoms with Crippen LogP contribution in [-0.2, 0) is 16.0 Å². The Hall–Kier alpha value is -2.43. The normalized spacial score (nSPS) is 19.1. The second-order valence-corrected chi connectivity index (χ2v) is 9.18. The number of benzene rings is 1. The molecule has 0 saturated heterocycles. The molecule has 1 atom stereocenters. The Labute approximate surface area is 197 Å². The van der Waals surface area contributed by atoms with E-state index in [-0.39, 0.29) is 12.5 Å². The predicted octanol–water partition coefficient (Wildman–Crippen LogP) is 7.10. The molecule has 1 aromatic carbocycles. The maximum Gasteiger partial charge on any atom is 0.340 e. The van der Waals surface area contributed by atoms with Gasteiger partial charge in [0, 0.05) is 11.8 Å². The molecule has 0 unspecified atom stereocenters. The van der Waals surface area contributed by atoms with Gasteiger partial charge in [0.25, 0.3) is 0 Å². The molecule has 0 bridgehead atoms. The number of hydrogen-bond acceptors (Lipinski definition) is 4. The fourth-order valence-electron chi connectivity index (χ4n) is 4.22. The van der Waals surface area contributed by atoms with E-state index >= 15 is 0 Å². The zero-order valence-corrected chi connectivity index (χ0v) is 20.1. The average Bonchev–Trinajstić information content (AvgIpc) is 2.86. The first kappa shape index (κ1) is 25.2. The third-order valence-electron chi connectivity index (χ3n) is 6.42. The number of pyridine rings is 1. The van der Waals surface area contributed by atoms with Crippen LogP contribution in [0.1, 0.15) is 77.2 Å². The highest BCUT2D eigenvalue weighted by atomic mass is 19.1. The van der Waals surface area contributed by atoms with E-state index in [9.17, 15) is 9.18 Å². The highest BCUT2D eigenvalue weighted by molar-refractivity contribution is 5.74. The number of carbonyl (C=O) groups excluding carboxylic acids is 1. The zero-order valence-electron chi connectivity index (χ0n) is 20.1. The number of hydrogen-bond donors (Lipinski definition) is 0. The van der Waals surface area contributed by atoms with Crippen LogP contribution in [0.15, 0.2) is 42.6 Å². The van der Waals surface area contributed by atoms with Crippen molar-refractivity contribution >= 4 is 5.97 Å². The topological polar surface area (TPSA) is 48.4 Å². The van der Waals surface area contributed by atoms with Crippen LogP contribution >= 0.6 is 0 Å². The smallest absolute Gasteiger partial charge is 0.340 e. The maximum absolute atomic E-state index is 13.8. The summed E-state index contributed by atoms with van der Waals surface area (Å²) >= 11 is 0. The molecule has 0 spiro atoms. The molecule has 0 N–H and O–H groups in total. The van der Waals surface area contributed by atoms with Gasteiger partial charge in [-0.15, -0.1) is 0 Å². The summed E-state index contributed by atoms with van der Waals surface area (Å²) in [5.74, 6) is 0.592. The first-order chi connectivity index (χ1) is 16.1. The molecule has 3 rings (SSSR count). The van der Waals surface area contributed by atoms with Gasteiger partial charge in [0.2, 0.25) is 0 Å². The molecule has 5 heteroatoms. The number of unbranched alkanes of at least 4 members (excludes halogenated alkanes) is 2. The molecular weight excluding hydrogens is 417 g/mol. The van der Waals surface area contributed by atoms with Crippen molar-refractivity contribution in [1.82, 2.24) is 4.98 Å². The lowest BCUT2D eigenvalue weighted by Crippen LogP contribution is -2.30. The number of ether oxygens (including phenoxy) is 2. The molecule has 180 valence electrons. The first-order valence-electron chi connectivity index (χ1n) is 12.6. The Morgan fingerprint density at radius 3 is 2.39 bits per heavy atom. The molecule has 4 nitrogen and oxygen atoms in total. The van der Waals surface area contributed by atoms with Gasteiger partial charge in [0.15, 0.2) is 6.17 Å². The molecule has 1 saturated carbocycles. The van der Waals surface area contributed by atoms with Crippen molar-refractivity contribution in [2.75, 3.05) is 6.61 Å². The molecule has 1 aliphatic rings. The summed E-state index contributed by atoms with van der Waals surface area (Å²) in [5.41, 5.74) is 3.34. The zero-order chi connectivity index (χ0) is 23.5. The molecule has 0 radical (unpaired) electrons. The van der Waals surface area contributed by atoms with E-state index in [2.05, 4.69) is 24.0 Å². The van der Waals surface area contributed by atoms with E-state index in [0.717, 1.165) is 55.5 Å². The second-order valence-electron chi connectivity index (χ2n) is 9.18. The van der Waals surface area contributed by atoms with Crippen LogP contribution in [0.2, 0.25) is 0 Å². The van der Waals surface area contributed by atoms with Gasteiger partial charge in [0.05, 0.1) is 12.3 Å². The number of halogens is 1. The third kappa shape index (κ3) is 8.13. The standard InChI is InChI=1S/C28H38FNO3/c1-3-5-7-21-11-18-27(30-19-21)23-12-16-24(17-13-23)32-20-22-9-14-25(15-10-22)33-28(31)26(29)8-6-4-2/h11-13,16-19,22,25-26H,3-10,14-15,20H2,1-2H3/t22-,25-,26-/m0/s1. The third-order valence-corrected chi connectivity index (χ3v) is 6.42. The van der Waals surface area contributed by atoms with Crippen molar-refractivity contribution in [3.8, 4) is 17.0 Å². The quantitative estimate of drug-likeness (QED) is 0.320. The molecule has 1 aliphatic carbocycles. The lowest BCUT2D eigenvalue weighted by atomic mass is 9.88. The number of rotatable bonds is 12. The highest BCUT2D eigenvalue weighted by Gasteiger charge is 2.27. The fraction of sp³-hybridized carbons (Fsp3) is 0.571. The van der Waals surface area contributed by atoms with Crippen LogP contribution in [-0.4, -0.2) is 29.8 Å². The van der Waals surface area contributed by atoms with E-state index in [1.54, 1.807) is 0 Å². The van der Waals surface area contributed by atoms with E-state index < -0.39 is 12.1 Å². The van der Waals surface area contributed by atoms with Gasteiger partial charge in [-0.3, -0.25) is 4.98 Å². The van der Waals surface area contributed by atoms with Crippen molar-refractivity contribution in [3.05, 3.63) is 48.2 Å². The Morgan fingerprint density at radius 2 is 1.76 bits per heavy atom. The second kappa shape index (κ2) is 13.3. The summed E-state index contributed by atoms with van der Waals surface area (Å²) in [6, 6.07) is 12.3. The number of aryl methyl sites for hydroxylation is 1. The number of carbonyl (C=O) groups is 1. The Balaban J connectivity index is 1.39. The summed E-state index contributed by atoms with van der Waals surface area (Å²) in [6.07, 6.45) is 9.05. The van der Waals surface area contributed by atoms with Crippen LogP contribution in [0.25, 0.3) is 11.3 Å². The minimum atomic E-state index is -1.48. The molecule has 0 aliphatic heterocycles. The molecule has 1 fully saturated rings. The van der Waals surface area contributed by atoms with Gasteiger partial charge in [-0.1, -0.05) is 39.2 Å². The minimum Gasteiger partial charge on any atom is -0.493 e. The van der Waals surface area contributed by atoms with Crippen molar-refractivity contribution in [1.29, 1.82) is 0 Å². The summed E-state index contributed by atoms with van der Waals surface area (Å²) in [6.45, 7) is 4.83. The van der Waals surface area contributed by atoms with E-state index in [4.69, 9.17) is 9.47 Å². The van der Waals surface area contributed by atoms with Gasteiger partial charge < -0.3 is 9.47 Å². The summed E-state index contributed by atoms with van der Waals surface area (Å²) in [5, 5.41) is 0. The predicted molar refractivity (Wildman–Crippen MR) is 130 cm³/mol. The monoisotopic (exact) mass is 455 g/mol. The van der Waals surface area contributed by atoms with Crippen LogP contribution < -0.4 is 4.74 Å². The van der Waals surface area contributed by atoms with E-state index in [1.165, 1.54) is 18.4 Å². The molecule has 33 heavy (non-hydrogen) atoms. The van der Waals surface area contributed by atoms with E-state index in [1.807, 2.05) is 37.4 Å². The fourth-order valence-corrected chi connectivity index (χ4v) is 4.22. The lowest BCUT2D eigenvalue weighted by Gasteiger charge is -2.28. The van der Waals surface area contributed by atoms with E-state index in [0.29, 0.717) is 18.9 Å². The maximum atomic E-state index is 13.8. The molecule has 1 aromatic heterocycles. The molecule has 0 amide bonds. The van der Waals surface area contributed by atoms with Crippen molar-refractivity contribution < 1.29 is 18.7 Å². The van der Waals surface area contributed by atoms with Gasteiger partial charge in [-0.2, -0.15) is 0 Å². The number of alkyl halides is 1. The highest BCUT2D eigenvalue weighted by Crippen LogP contribution is 2.28. The largest absolute Gasteiger partial charge is 0.493 e. The van der Waals surface area contributed by atoms with Crippen LogP contribution in [0.3, 0.4) is 0 Å². The summed E-state index contributed by atoms with van der Waals surface area (Å²) in [7, 11) is 0. The van der Waals surface area contributed by atoms with Crippen molar-refractivity contribution in [2.45, 2.75) is 90.3 Å². The molecule has 2 aromatic rings. The van der Waals surface area contributed by atoms with Gasteiger partial charge in [-0.05, 0) is 86.8 Å². The summed E-state index contributed by atoms with van der Waals surface area (Å²) in [4.78, 5) is 16.5. The first-order valence-corrected chi connectivity index (χ1v) is 12.6. The molecule has 1 heterocycles. The number of aromatic nitrogens is 1. The lowest BCUT2D eigenvalue weighted by molar-refractivity contribution is -0.157. The van der Waals surface area contributed by atoms with Gasteiger partial charge in [0.1, 0.15) is 11.9 Å². The minimum absolute atomic E-state index is 0.159. The number of esters is 1. The van der Waals surface area contributed by atoms with Gasteiger partial charge in [-0.25, -0.2) is 9.18 Å². The van der Waals surface area contributed by atoms with Crippen LogP contribution in [0, 0.1) is 5.92 Å². The van der Waals surface area contributed by atoms with Gasteiger partial charge >= 0.3 is 5.97 Å². The molecular formula is C28H38FNO3. The summed E-state index contributed by atoms with van der Waals surface area (Å²) < 4.78 is 25.2. The van der Waals surface area contributed by atoms with Crippen molar-refractivity contribution in [2.24, 2.45) is 5.92 Å². The SMILES string of the molecule is CCCCc1ccc(-c2ccc(OC[C@H]3CC[C@H](OC(=O)[C@@H](F)CCCC)CC3)cc2)nc1. The Kier molecular flexibility index (Phi) is 10.2. The van der Waals surface area contributed by atoms with Crippen LogP contribution in [0.5, 0.6) is 5.75 Å². The van der Waals surface area contributed by atoms with Crippen molar-refractivity contribution in [3.63, 3.8) is 0 Å². The Bertz CT molecular complexity index is 829. The van der Waals surface area contributed by atoms with Crippen LogP contribution in [0.4, 0.5) is 4.39 Å².